The number of methoxy groups -OCH3 is 1. The van der Waals surface area contributed by atoms with E-state index < -0.39 is 33.8 Å². The van der Waals surface area contributed by atoms with Crippen LogP contribution >= 0.6 is 11.8 Å². The lowest BCUT2D eigenvalue weighted by molar-refractivity contribution is -0.119. The molecule has 0 radical (unpaired) electrons. The van der Waals surface area contributed by atoms with Crippen molar-refractivity contribution in [2.45, 2.75) is 35.6 Å². The van der Waals surface area contributed by atoms with E-state index in [9.17, 15) is 18.0 Å². The van der Waals surface area contributed by atoms with E-state index in [1.807, 2.05) is 74.5 Å². The van der Waals surface area contributed by atoms with E-state index in [1.54, 1.807) is 12.1 Å². The first-order valence-electron chi connectivity index (χ1n) is 12.0. The summed E-state index contributed by atoms with van der Waals surface area (Å²) in [5.74, 6) is 0.000994. The molecule has 1 atom stereocenters. The molecule has 0 aromatic heterocycles. The van der Waals surface area contributed by atoms with E-state index in [-0.39, 0.29) is 24.0 Å². The molecule has 0 saturated heterocycles. The number of thioether (sulfide) groups is 1. The molecule has 0 bridgehead atoms. The van der Waals surface area contributed by atoms with Crippen LogP contribution in [0.2, 0.25) is 0 Å². The number of rotatable bonds is 13. The van der Waals surface area contributed by atoms with Gasteiger partial charge < -0.3 is 14.8 Å². The van der Waals surface area contributed by atoms with Crippen molar-refractivity contribution in [3.8, 4) is 5.75 Å². The zero-order valence-corrected chi connectivity index (χ0v) is 23.2. The van der Waals surface area contributed by atoms with Gasteiger partial charge in [-0.1, -0.05) is 74.1 Å². The predicted molar refractivity (Wildman–Crippen MR) is 147 cm³/mol. The van der Waals surface area contributed by atoms with Crippen molar-refractivity contribution in [2.75, 3.05) is 20.2 Å². The Hall–Kier alpha value is -3.34. The highest BCUT2D eigenvalue weighted by molar-refractivity contribution is 8.00. The second kappa shape index (κ2) is 14.0. The number of sulfonamides is 1. The summed E-state index contributed by atoms with van der Waals surface area (Å²) in [4.78, 5) is 26.9. The third-order valence-corrected chi connectivity index (χ3v) is 8.34. The lowest BCUT2D eigenvalue weighted by atomic mass is 10.2. The monoisotopic (exact) mass is 556 g/mol. The Kier molecular flexibility index (Phi) is 10.8. The summed E-state index contributed by atoms with van der Waals surface area (Å²) in [5, 5.41) is 1.55. The lowest BCUT2D eigenvalue weighted by Crippen LogP contribution is -2.46. The van der Waals surface area contributed by atoms with Gasteiger partial charge in [0.25, 0.3) is 0 Å². The van der Waals surface area contributed by atoms with Crippen molar-refractivity contribution >= 4 is 33.7 Å². The Morgan fingerprint density at radius 2 is 1.53 bits per heavy atom. The Balaban J connectivity index is 1.80. The zero-order valence-electron chi connectivity index (χ0n) is 21.6. The van der Waals surface area contributed by atoms with Gasteiger partial charge in [-0.05, 0) is 47.9 Å². The first kappa shape index (κ1) is 29.2. The van der Waals surface area contributed by atoms with Gasteiger partial charge in [0.05, 0.1) is 18.6 Å². The average molecular weight is 557 g/mol. The number of hydrogen-bond donors (Lipinski definition) is 1. The number of amides is 1. The number of alkyl carbamates (subject to hydrolysis) is 1. The fourth-order valence-electron chi connectivity index (χ4n) is 3.49. The fourth-order valence-corrected chi connectivity index (χ4v) is 6.01. The number of ketones is 1. The Bertz CT molecular complexity index is 1280. The molecular weight excluding hydrogens is 524 g/mol. The van der Waals surface area contributed by atoms with Crippen molar-refractivity contribution in [3.05, 3.63) is 90.5 Å². The van der Waals surface area contributed by atoms with E-state index in [1.165, 1.54) is 19.2 Å². The van der Waals surface area contributed by atoms with Gasteiger partial charge >= 0.3 is 6.09 Å². The minimum Gasteiger partial charge on any atom is -0.497 e. The molecule has 1 N–H and O–H groups in total. The third-order valence-electron chi connectivity index (χ3n) is 5.35. The maximum absolute atomic E-state index is 13.5. The predicted octanol–water partition coefficient (Wildman–Crippen LogP) is 4.96. The quantitative estimate of drug-likeness (QED) is 0.235. The van der Waals surface area contributed by atoms with Gasteiger partial charge in [-0.2, -0.15) is 4.31 Å². The molecule has 0 heterocycles. The summed E-state index contributed by atoms with van der Waals surface area (Å²) in [6, 6.07) is 24.3. The maximum atomic E-state index is 13.5. The van der Waals surface area contributed by atoms with Crippen molar-refractivity contribution < 1.29 is 27.5 Å². The van der Waals surface area contributed by atoms with E-state index in [0.717, 1.165) is 26.5 Å². The van der Waals surface area contributed by atoms with Gasteiger partial charge in [0.1, 0.15) is 17.7 Å². The average Bonchev–Trinajstić information content (AvgIpc) is 2.92. The van der Waals surface area contributed by atoms with Crippen molar-refractivity contribution in [1.82, 2.24) is 9.62 Å². The van der Waals surface area contributed by atoms with Gasteiger partial charge in [-0.3, -0.25) is 4.79 Å². The van der Waals surface area contributed by atoms with Crippen LogP contribution in [0, 0.1) is 5.92 Å². The second-order valence-electron chi connectivity index (χ2n) is 8.85. The van der Waals surface area contributed by atoms with Gasteiger partial charge in [0.15, 0.2) is 5.78 Å². The fraction of sp³-hybridized carbons (Fsp3) is 0.286. The summed E-state index contributed by atoms with van der Waals surface area (Å²) < 4.78 is 38.6. The summed E-state index contributed by atoms with van der Waals surface area (Å²) in [7, 11) is -2.50. The molecule has 0 fully saturated rings. The van der Waals surface area contributed by atoms with Crippen LogP contribution < -0.4 is 10.1 Å². The number of nitrogens with zero attached hydrogens (tertiary/aromatic N) is 1. The van der Waals surface area contributed by atoms with Gasteiger partial charge in [0, 0.05) is 11.4 Å². The molecule has 0 aliphatic rings. The number of carbonyl (C=O) groups is 2. The molecule has 0 aliphatic heterocycles. The van der Waals surface area contributed by atoms with Crippen LogP contribution in [0.15, 0.2) is 94.7 Å². The molecule has 1 unspecified atom stereocenters. The number of benzene rings is 3. The number of carbonyl (C=O) groups excluding carboxylic acids is 2. The van der Waals surface area contributed by atoms with Crippen LogP contribution in [0.3, 0.4) is 0 Å². The minimum atomic E-state index is -3.99. The van der Waals surface area contributed by atoms with E-state index in [4.69, 9.17) is 9.47 Å². The summed E-state index contributed by atoms with van der Waals surface area (Å²) in [6.45, 7) is 3.49. The number of nitrogens with one attached hydrogen (secondary N) is 1. The normalized spacial score (nSPS) is 12.2. The highest BCUT2D eigenvalue weighted by Gasteiger charge is 2.31. The number of ether oxygens (including phenoxy) is 2. The van der Waals surface area contributed by atoms with Gasteiger partial charge in [-0.25, -0.2) is 13.2 Å². The van der Waals surface area contributed by atoms with E-state index in [0.29, 0.717) is 5.75 Å². The standard InChI is InChI=1S/C28H32N2O6S2/c1-21(2)18-30(38(33,34)25-16-14-23(35-3)15-17-25)19-26(31)27(37-24-12-8-5-9-13-24)29-28(32)36-20-22-10-6-4-7-11-22/h4-17,21,27H,18-20H2,1-3H3,(H,29,32). The molecule has 3 rings (SSSR count). The molecular formula is C28H32N2O6S2. The summed E-state index contributed by atoms with van der Waals surface area (Å²) >= 11 is 1.12. The maximum Gasteiger partial charge on any atom is 0.408 e. The lowest BCUT2D eigenvalue weighted by Gasteiger charge is -2.26. The first-order chi connectivity index (χ1) is 18.2. The van der Waals surface area contributed by atoms with Crippen LogP contribution in [0.4, 0.5) is 4.79 Å². The van der Waals surface area contributed by atoms with Crippen LogP contribution in [0.5, 0.6) is 5.75 Å². The molecule has 0 spiro atoms. The largest absolute Gasteiger partial charge is 0.497 e. The third kappa shape index (κ3) is 8.61. The number of Topliss-reactive ketones (excluding diaryl/α,β-unsaturated/α-hetero) is 1. The van der Waals surface area contributed by atoms with Crippen LogP contribution in [-0.4, -0.2) is 50.2 Å². The van der Waals surface area contributed by atoms with Crippen molar-refractivity contribution in [1.29, 1.82) is 0 Å². The Morgan fingerprint density at radius 3 is 2.11 bits per heavy atom. The smallest absolute Gasteiger partial charge is 0.408 e. The molecule has 202 valence electrons. The molecule has 3 aromatic carbocycles. The topological polar surface area (TPSA) is 102 Å². The van der Waals surface area contributed by atoms with Crippen LogP contribution in [0.25, 0.3) is 0 Å². The molecule has 38 heavy (non-hydrogen) atoms. The molecule has 0 saturated carbocycles. The highest BCUT2D eigenvalue weighted by atomic mass is 32.2. The van der Waals surface area contributed by atoms with Crippen LogP contribution in [-0.2, 0) is 26.2 Å². The van der Waals surface area contributed by atoms with Gasteiger partial charge in [0.2, 0.25) is 10.0 Å². The van der Waals surface area contributed by atoms with Crippen molar-refractivity contribution in [2.24, 2.45) is 5.92 Å². The van der Waals surface area contributed by atoms with E-state index >= 15 is 0 Å². The Morgan fingerprint density at radius 1 is 0.921 bits per heavy atom. The summed E-state index contributed by atoms with van der Waals surface area (Å²) in [6.07, 6.45) is -0.774. The molecule has 0 aliphatic carbocycles. The molecule has 1 amide bonds. The highest BCUT2D eigenvalue weighted by Crippen LogP contribution is 2.25. The van der Waals surface area contributed by atoms with Gasteiger partial charge in [-0.15, -0.1) is 0 Å². The van der Waals surface area contributed by atoms with E-state index in [2.05, 4.69) is 5.32 Å². The van der Waals surface area contributed by atoms with Crippen LogP contribution in [0.1, 0.15) is 19.4 Å². The molecule has 8 nitrogen and oxygen atoms in total. The zero-order chi connectivity index (χ0) is 27.5. The summed E-state index contributed by atoms with van der Waals surface area (Å²) in [5.41, 5.74) is 0.801. The SMILES string of the molecule is COc1ccc(S(=O)(=O)N(CC(=O)C(NC(=O)OCc2ccccc2)Sc2ccccc2)CC(C)C)cc1. The Labute approximate surface area is 228 Å². The molecule has 10 heteroatoms. The number of hydrogen-bond acceptors (Lipinski definition) is 7. The second-order valence-corrected chi connectivity index (χ2v) is 12.0. The first-order valence-corrected chi connectivity index (χ1v) is 14.4. The molecule has 3 aromatic rings. The van der Waals surface area contributed by atoms with Crippen molar-refractivity contribution in [3.63, 3.8) is 0 Å². The minimum absolute atomic E-state index is 0.0366.